The molecule has 5 heteroatoms. The first-order chi connectivity index (χ1) is 14.7. The highest BCUT2D eigenvalue weighted by Gasteiger charge is 2.03. The molecule has 0 heterocycles. The van der Waals surface area contributed by atoms with Crippen LogP contribution in [-0.2, 0) is 4.79 Å². The Balaban J connectivity index is 1.65. The molecule has 0 bridgehead atoms. The van der Waals surface area contributed by atoms with Crippen LogP contribution in [0.3, 0.4) is 0 Å². The van der Waals surface area contributed by atoms with Gasteiger partial charge in [-0.25, -0.2) is 0 Å². The SMILES string of the molecule is CCCCCCCOc1ccc(NCC(=O)Nc2ccc(OCCCC)cc2)cc1. The summed E-state index contributed by atoms with van der Waals surface area (Å²) in [5.74, 6) is 1.59. The molecule has 2 aromatic rings. The van der Waals surface area contributed by atoms with Gasteiger partial charge >= 0.3 is 0 Å². The van der Waals surface area contributed by atoms with Crippen LogP contribution in [0.15, 0.2) is 48.5 Å². The van der Waals surface area contributed by atoms with E-state index in [0.717, 1.165) is 55.4 Å². The number of amides is 1. The number of carbonyl (C=O) groups is 1. The first-order valence-electron chi connectivity index (χ1n) is 11.2. The molecule has 0 atom stereocenters. The molecule has 0 radical (unpaired) electrons. The van der Waals surface area contributed by atoms with E-state index in [9.17, 15) is 4.79 Å². The summed E-state index contributed by atoms with van der Waals surface area (Å²) in [6, 6.07) is 15.2. The average Bonchev–Trinajstić information content (AvgIpc) is 2.77. The van der Waals surface area contributed by atoms with Crippen molar-refractivity contribution in [1.82, 2.24) is 0 Å². The van der Waals surface area contributed by atoms with Crippen molar-refractivity contribution >= 4 is 17.3 Å². The Hall–Kier alpha value is -2.69. The van der Waals surface area contributed by atoms with Crippen LogP contribution in [0.25, 0.3) is 0 Å². The van der Waals surface area contributed by atoms with Crippen LogP contribution in [0, 0.1) is 0 Å². The number of anilines is 2. The van der Waals surface area contributed by atoms with Crippen molar-refractivity contribution in [2.24, 2.45) is 0 Å². The van der Waals surface area contributed by atoms with Crippen molar-refractivity contribution in [2.75, 3.05) is 30.4 Å². The Labute approximate surface area is 181 Å². The lowest BCUT2D eigenvalue weighted by Gasteiger charge is -2.10. The van der Waals surface area contributed by atoms with E-state index in [1.54, 1.807) is 0 Å². The van der Waals surface area contributed by atoms with Gasteiger partial charge in [-0.1, -0.05) is 46.0 Å². The normalized spacial score (nSPS) is 10.5. The number of ether oxygens (including phenoxy) is 2. The maximum atomic E-state index is 12.2. The molecule has 0 saturated heterocycles. The van der Waals surface area contributed by atoms with Crippen molar-refractivity contribution < 1.29 is 14.3 Å². The zero-order chi connectivity index (χ0) is 21.4. The Morgan fingerprint density at radius 1 is 0.700 bits per heavy atom. The molecule has 30 heavy (non-hydrogen) atoms. The zero-order valence-corrected chi connectivity index (χ0v) is 18.4. The van der Waals surface area contributed by atoms with Crippen LogP contribution in [-0.4, -0.2) is 25.7 Å². The van der Waals surface area contributed by atoms with Gasteiger partial charge in [-0.05, 0) is 61.4 Å². The molecule has 2 aromatic carbocycles. The number of carbonyl (C=O) groups excluding carboxylic acids is 1. The maximum absolute atomic E-state index is 12.2. The number of hydrogen-bond donors (Lipinski definition) is 2. The van der Waals surface area contributed by atoms with Crippen LogP contribution in [0.2, 0.25) is 0 Å². The summed E-state index contributed by atoms with van der Waals surface area (Å²) in [4.78, 5) is 12.2. The lowest BCUT2D eigenvalue weighted by molar-refractivity contribution is -0.114. The van der Waals surface area contributed by atoms with Gasteiger partial charge in [0.2, 0.25) is 5.91 Å². The molecule has 0 aliphatic heterocycles. The second-order valence-corrected chi connectivity index (χ2v) is 7.42. The van der Waals surface area contributed by atoms with Crippen molar-refractivity contribution in [3.05, 3.63) is 48.5 Å². The molecule has 2 N–H and O–H groups in total. The summed E-state index contributed by atoms with van der Waals surface area (Å²) in [6.07, 6.45) is 8.29. The minimum absolute atomic E-state index is 0.0953. The third-order valence-corrected chi connectivity index (χ3v) is 4.73. The van der Waals surface area contributed by atoms with Crippen LogP contribution >= 0.6 is 0 Å². The molecule has 0 saturated carbocycles. The smallest absolute Gasteiger partial charge is 0.243 e. The molecule has 0 aliphatic carbocycles. The molecule has 0 aliphatic rings. The Morgan fingerprint density at radius 3 is 1.83 bits per heavy atom. The fraction of sp³-hybridized carbons (Fsp3) is 0.480. The molecular weight excluding hydrogens is 376 g/mol. The predicted octanol–water partition coefficient (Wildman–Crippen LogP) is 6.27. The van der Waals surface area contributed by atoms with E-state index in [2.05, 4.69) is 24.5 Å². The zero-order valence-electron chi connectivity index (χ0n) is 18.4. The second-order valence-electron chi connectivity index (χ2n) is 7.42. The summed E-state index contributed by atoms with van der Waals surface area (Å²) < 4.78 is 11.4. The van der Waals surface area contributed by atoms with Gasteiger partial charge in [-0.2, -0.15) is 0 Å². The number of unbranched alkanes of at least 4 members (excludes halogenated alkanes) is 5. The van der Waals surface area contributed by atoms with E-state index >= 15 is 0 Å². The van der Waals surface area contributed by atoms with Gasteiger partial charge in [0.05, 0.1) is 19.8 Å². The molecule has 2 rings (SSSR count). The highest BCUT2D eigenvalue weighted by Crippen LogP contribution is 2.17. The molecule has 1 amide bonds. The summed E-state index contributed by atoms with van der Waals surface area (Å²) in [5, 5.41) is 6.02. The van der Waals surface area contributed by atoms with Crippen molar-refractivity contribution in [3.63, 3.8) is 0 Å². The fourth-order valence-electron chi connectivity index (χ4n) is 2.92. The van der Waals surface area contributed by atoms with E-state index in [-0.39, 0.29) is 12.5 Å². The molecule has 5 nitrogen and oxygen atoms in total. The van der Waals surface area contributed by atoms with Crippen molar-refractivity contribution in [2.45, 2.75) is 58.8 Å². The maximum Gasteiger partial charge on any atom is 0.243 e. The fourth-order valence-corrected chi connectivity index (χ4v) is 2.92. The van der Waals surface area contributed by atoms with Gasteiger partial charge in [0.1, 0.15) is 11.5 Å². The average molecular weight is 413 g/mol. The van der Waals surface area contributed by atoms with E-state index in [4.69, 9.17) is 9.47 Å². The summed E-state index contributed by atoms with van der Waals surface area (Å²) in [6.45, 7) is 6.02. The summed E-state index contributed by atoms with van der Waals surface area (Å²) >= 11 is 0. The summed E-state index contributed by atoms with van der Waals surface area (Å²) in [7, 11) is 0. The van der Waals surface area contributed by atoms with Crippen LogP contribution in [0.4, 0.5) is 11.4 Å². The second kappa shape index (κ2) is 14.3. The van der Waals surface area contributed by atoms with Crippen molar-refractivity contribution in [1.29, 1.82) is 0 Å². The standard InChI is InChI=1S/C25H36N2O3/c1-3-5-7-8-9-19-30-23-14-10-21(11-15-23)26-20-25(28)27-22-12-16-24(17-13-22)29-18-6-4-2/h10-17,26H,3-9,18-20H2,1-2H3,(H,27,28). The molecule has 0 unspecified atom stereocenters. The first kappa shape index (κ1) is 23.6. The minimum Gasteiger partial charge on any atom is -0.494 e. The van der Waals surface area contributed by atoms with Crippen LogP contribution < -0.4 is 20.1 Å². The molecule has 0 spiro atoms. The molecular formula is C25H36N2O3. The first-order valence-corrected chi connectivity index (χ1v) is 11.2. The minimum atomic E-state index is -0.0953. The quantitative estimate of drug-likeness (QED) is 0.339. The Morgan fingerprint density at radius 2 is 1.23 bits per heavy atom. The largest absolute Gasteiger partial charge is 0.494 e. The molecule has 164 valence electrons. The third kappa shape index (κ3) is 9.68. The van der Waals surface area contributed by atoms with E-state index in [1.807, 2.05) is 48.5 Å². The lowest BCUT2D eigenvalue weighted by atomic mass is 10.2. The highest BCUT2D eigenvalue weighted by atomic mass is 16.5. The van der Waals surface area contributed by atoms with E-state index in [1.165, 1.54) is 25.7 Å². The van der Waals surface area contributed by atoms with Gasteiger partial charge in [-0.15, -0.1) is 0 Å². The van der Waals surface area contributed by atoms with Gasteiger partial charge in [0, 0.05) is 11.4 Å². The number of hydrogen-bond acceptors (Lipinski definition) is 4. The topological polar surface area (TPSA) is 59.6 Å². The Kier molecular flexibility index (Phi) is 11.3. The molecule has 0 aromatic heterocycles. The van der Waals surface area contributed by atoms with Crippen LogP contribution in [0.5, 0.6) is 11.5 Å². The number of benzene rings is 2. The Bertz CT molecular complexity index is 714. The van der Waals surface area contributed by atoms with Gasteiger partial charge in [-0.3, -0.25) is 4.79 Å². The highest BCUT2D eigenvalue weighted by molar-refractivity contribution is 5.93. The predicted molar refractivity (Wildman–Crippen MR) is 125 cm³/mol. The van der Waals surface area contributed by atoms with Gasteiger partial charge in [0.15, 0.2) is 0 Å². The van der Waals surface area contributed by atoms with Gasteiger partial charge < -0.3 is 20.1 Å². The van der Waals surface area contributed by atoms with Crippen LogP contribution in [0.1, 0.15) is 58.8 Å². The van der Waals surface area contributed by atoms with E-state index in [0.29, 0.717) is 0 Å². The molecule has 0 fully saturated rings. The van der Waals surface area contributed by atoms with Gasteiger partial charge in [0.25, 0.3) is 0 Å². The number of nitrogens with one attached hydrogen (secondary N) is 2. The monoisotopic (exact) mass is 412 g/mol. The lowest BCUT2D eigenvalue weighted by Crippen LogP contribution is -2.21. The van der Waals surface area contributed by atoms with E-state index < -0.39 is 0 Å². The summed E-state index contributed by atoms with van der Waals surface area (Å²) in [5.41, 5.74) is 1.65. The third-order valence-electron chi connectivity index (χ3n) is 4.73. The number of rotatable bonds is 15. The van der Waals surface area contributed by atoms with Crippen molar-refractivity contribution in [3.8, 4) is 11.5 Å².